The van der Waals surface area contributed by atoms with E-state index in [2.05, 4.69) is 29.6 Å². The first-order chi connectivity index (χ1) is 11.1. The highest BCUT2D eigenvalue weighted by atomic mass is 16.4. The minimum atomic E-state index is -0.745. The van der Waals surface area contributed by atoms with Crippen LogP contribution in [0.5, 0.6) is 0 Å². The predicted octanol–water partition coefficient (Wildman–Crippen LogP) is 2.30. The Labute approximate surface area is 136 Å². The Morgan fingerprint density at radius 2 is 1.74 bits per heavy atom. The van der Waals surface area contributed by atoms with Crippen LogP contribution in [0.1, 0.15) is 30.4 Å². The van der Waals surface area contributed by atoms with Crippen LogP contribution in [0, 0.1) is 11.8 Å². The largest absolute Gasteiger partial charge is 0.481 e. The number of amides is 2. The van der Waals surface area contributed by atoms with Crippen molar-refractivity contribution in [2.24, 2.45) is 11.8 Å². The van der Waals surface area contributed by atoms with E-state index in [4.69, 9.17) is 5.11 Å². The van der Waals surface area contributed by atoms with Gasteiger partial charge in [0.05, 0.1) is 5.92 Å². The molecule has 0 spiro atoms. The summed E-state index contributed by atoms with van der Waals surface area (Å²) < 4.78 is 0. The number of likely N-dealkylation sites (tertiary alicyclic amines) is 1. The van der Waals surface area contributed by atoms with Crippen molar-refractivity contribution in [3.63, 3.8) is 0 Å². The number of carboxylic acids is 1. The molecule has 3 rings (SSSR count). The van der Waals surface area contributed by atoms with Crippen molar-refractivity contribution in [2.75, 3.05) is 19.6 Å². The van der Waals surface area contributed by atoms with Crippen molar-refractivity contribution >= 4 is 12.0 Å². The quantitative estimate of drug-likeness (QED) is 0.895. The molecule has 1 aromatic rings. The van der Waals surface area contributed by atoms with Crippen LogP contribution < -0.4 is 5.32 Å². The number of hydrogen-bond donors (Lipinski definition) is 2. The van der Waals surface area contributed by atoms with Gasteiger partial charge in [-0.3, -0.25) is 4.79 Å². The van der Waals surface area contributed by atoms with E-state index in [1.165, 1.54) is 11.1 Å². The van der Waals surface area contributed by atoms with E-state index in [1.807, 2.05) is 0 Å². The highest BCUT2D eigenvalue weighted by Crippen LogP contribution is 2.28. The van der Waals surface area contributed by atoms with Gasteiger partial charge in [0.15, 0.2) is 0 Å². The lowest BCUT2D eigenvalue weighted by Crippen LogP contribution is -2.45. The van der Waals surface area contributed by atoms with Crippen LogP contribution in [-0.4, -0.2) is 41.6 Å². The third-order valence-electron chi connectivity index (χ3n) is 5.10. The standard InChI is InChI=1S/C18H24N2O3/c21-17(22)14-6-9-20(10-7-14)18(23)19-8-5-13-11-15-3-1-2-4-16(15)12-13/h1-4,13-14H,5-12H2,(H,19,23)(H,21,22). The maximum Gasteiger partial charge on any atom is 0.317 e. The molecule has 5 heteroatoms. The van der Waals surface area contributed by atoms with E-state index in [-0.39, 0.29) is 11.9 Å². The topological polar surface area (TPSA) is 69.6 Å². The van der Waals surface area contributed by atoms with Gasteiger partial charge in [0.2, 0.25) is 0 Å². The lowest BCUT2D eigenvalue weighted by atomic mass is 9.97. The number of rotatable bonds is 4. The normalized spacial score (nSPS) is 18.7. The summed E-state index contributed by atoms with van der Waals surface area (Å²) in [6.07, 6.45) is 4.32. The number of benzene rings is 1. The van der Waals surface area contributed by atoms with Crippen molar-refractivity contribution in [2.45, 2.75) is 32.1 Å². The van der Waals surface area contributed by atoms with Gasteiger partial charge in [-0.25, -0.2) is 4.79 Å². The fourth-order valence-corrected chi connectivity index (χ4v) is 3.68. The second-order valence-electron chi connectivity index (χ2n) is 6.66. The molecule has 2 N–H and O–H groups in total. The first-order valence-corrected chi connectivity index (χ1v) is 8.46. The second kappa shape index (κ2) is 7.02. The number of carbonyl (C=O) groups is 2. The van der Waals surface area contributed by atoms with Crippen molar-refractivity contribution in [3.05, 3.63) is 35.4 Å². The van der Waals surface area contributed by atoms with Crippen LogP contribution in [0.4, 0.5) is 4.79 Å². The van der Waals surface area contributed by atoms with Gasteiger partial charge in [0.25, 0.3) is 0 Å². The maximum absolute atomic E-state index is 12.1. The van der Waals surface area contributed by atoms with E-state index < -0.39 is 5.97 Å². The van der Waals surface area contributed by atoms with Crippen molar-refractivity contribution in [3.8, 4) is 0 Å². The first kappa shape index (κ1) is 15.8. The first-order valence-electron chi connectivity index (χ1n) is 8.46. The monoisotopic (exact) mass is 316 g/mol. The van der Waals surface area contributed by atoms with Gasteiger partial charge in [0.1, 0.15) is 0 Å². The Bertz CT molecular complexity index is 554. The minimum Gasteiger partial charge on any atom is -0.481 e. The van der Waals surface area contributed by atoms with Crippen molar-refractivity contribution in [1.82, 2.24) is 10.2 Å². The molecular formula is C18H24N2O3. The second-order valence-corrected chi connectivity index (χ2v) is 6.66. The Balaban J connectivity index is 1.37. The lowest BCUT2D eigenvalue weighted by Gasteiger charge is -2.30. The van der Waals surface area contributed by atoms with Gasteiger partial charge in [0, 0.05) is 19.6 Å². The summed E-state index contributed by atoms with van der Waals surface area (Å²) >= 11 is 0. The zero-order valence-electron chi connectivity index (χ0n) is 13.3. The lowest BCUT2D eigenvalue weighted by molar-refractivity contribution is -0.143. The Kier molecular flexibility index (Phi) is 4.84. The summed E-state index contributed by atoms with van der Waals surface area (Å²) in [5, 5.41) is 12.0. The highest BCUT2D eigenvalue weighted by molar-refractivity contribution is 5.75. The van der Waals surface area contributed by atoms with Crippen LogP contribution in [0.3, 0.4) is 0 Å². The third kappa shape index (κ3) is 3.84. The molecule has 1 fully saturated rings. The third-order valence-corrected chi connectivity index (χ3v) is 5.10. The summed E-state index contributed by atoms with van der Waals surface area (Å²) in [5.41, 5.74) is 2.89. The molecule has 1 heterocycles. The molecule has 5 nitrogen and oxygen atoms in total. The van der Waals surface area contributed by atoms with Gasteiger partial charge in [-0.05, 0) is 49.1 Å². The number of urea groups is 1. The van der Waals surface area contributed by atoms with E-state index >= 15 is 0 Å². The number of nitrogens with zero attached hydrogens (tertiary/aromatic N) is 1. The molecule has 2 amide bonds. The van der Waals surface area contributed by atoms with E-state index in [1.54, 1.807) is 4.90 Å². The smallest absolute Gasteiger partial charge is 0.317 e. The Hall–Kier alpha value is -2.04. The summed E-state index contributed by atoms with van der Waals surface area (Å²) in [6.45, 7) is 1.77. The molecule has 0 radical (unpaired) electrons. The van der Waals surface area contributed by atoms with E-state index in [0.717, 1.165) is 19.3 Å². The van der Waals surface area contributed by atoms with Crippen LogP contribution in [0.25, 0.3) is 0 Å². The van der Waals surface area contributed by atoms with Crippen LogP contribution in [0.15, 0.2) is 24.3 Å². The van der Waals surface area contributed by atoms with Gasteiger partial charge in [-0.15, -0.1) is 0 Å². The van der Waals surface area contributed by atoms with Gasteiger partial charge in [-0.1, -0.05) is 24.3 Å². The number of carbonyl (C=O) groups excluding carboxylic acids is 1. The highest BCUT2D eigenvalue weighted by Gasteiger charge is 2.27. The molecule has 0 unspecified atom stereocenters. The van der Waals surface area contributed by atoms with Crippen LogP contribution >= 0.6 is 0 Å². The molecule has 0 aromatic heterocycles. The number of fused-ring (bicyclic) bond motifs is 1. The molecule has 1 aliphatic heterocycles. The molecule has 23 heavy (non-hydrogen) atoms. The van der Waals surface area contributed by atoms with Gasteiger partial charge < -0.3 is 15.3 Å². The number of carboxylic acid groups (broad SMARTS) is 1. The molecule has 0 saturated carbocycles. The summed E-state index contributed by atoms with van der Waals surface area (Å²) in [4.78, 5) is 24.8. The number of piperidine rings is 1. The summed E-state index contributed by atoms with van der Waals surface area (Å²) in [5.74, 6) is -0.424. The van der Waals surface area contributed by atoms with Crippen molar-refractivity contribution < 1.29 is 14.7 Å². The zero-order chi connectivity index (χ0) is 16.2. The molecule has 124 valence electrons. The van der Waals surface area contributed by atoms with E-state index in [9.17, 15) is 9.59 Å². The average Bonchev–Trinajstić information content (AvgIpc) is 2.97. The molecule has 2 aliphatic rings. The fourth-order valence-electron chi connectivity index (χ4n) is 3.68. The Morgan fingerprint density at radius 3 is 2.30 bits per heavy atom. The van der Waals surface area contributed by atoms with Gasteiger partial charge in [-0.2, -0.15) is 0 Å². The van der Waals surface area contributed by atoms with Crippen LogP contribution in [0.2, 0.25) is 0 Å². The van der Waals surface area contributed by atoms with Gasteiger partial charge >= 0.3 is 12.0 Å². The molecule has 1 saturated heterocycles. The van der Waals surface area contributed by atoms with Crippen LogP contribution in [-0.2, 0) is 17.6 Å². The molecule has 0 bridgehead atoms. The number of hydrogen-bond acceptors (Lipinski definition) is 2. The van der Waals surface area contributed by atoms with Crippen molar-refractivity contribution in [1.29, 1.82) is 0 Å². The molecule has 1 aliphatic carbocycles. The Morgan fingerprint density at radius 1 is 1.13 bits per heavy atom. The fraction of sp³-hybridized carbons (Fsp3) is 0.556. The maximum atomic E-state index is 12.1. The molecule has 0 atom stereocenters. The molecule has 1 aromatic carbocycles. The summed E-state index contributed by atoms with van der Waals surface area (Å²) in [6, 6.07) is 8.51. The zero-order valence-corrected chi connectivity index (χ0v) is 13.3. The SMILES string of the molecule is O=C(O)C1CCN(C(=O)NCCC2Cc3ccccc3C2)CC1. The summed E-state index contributed by atoms with van der Waals surface area (Å²) in [7, 11) is 0. The van der Waals surface area contributed by atoms with E-state index in [0.29, 0.717) is 38.4 Å². The predicted molar refractivity (Wildman–Crippen MR) is 87.3 cm³/mol. The number of nitrogens with one attached hydrogen (secondary N) is 1. The number of aliphatic carboxylic acids is 1. The molecular weight excluding hydrogens is 292 g/mol. The average molecular weight is 316 g/mol. The minimum absolute atomic E-state index is 0.0515.